The van der Waals surface area contributed by atoms with Gasteiger partial charge in [-0.3, -0.25) is 9.59 Å². The van der Waals surface area contributed by atoms with Crippen LogP contribution in [0.3, 0.4) is 0 Å². The molecular formula is C53H81NO14. The van der Waals surface area contributed by atoms with Gasteiger partial charge in [-0.05, 0) is 62.8 Å². The van der Waals surface area contributed by atoms with Crippen molar-refractivity contribution in [2.24, 2.45) is 29.1 Å². The summed E-state index contributed by atoms with van der Waals surface area (Å²) in [7, 11) is 3.29. The molecule has 4 fully saturated rings. The molecule has 1 unspecified atom stereocenters. The smallest absolute Gasteiger partial charge is 0.316 e. The third kappa shape index (κ3) is 11.1. The maximum absolute atomic E-state index is 14.4. The van der Waals surface area contributed by atoms with E-state index in [0.29, 0.717) is 36.8 Å². The van der Waals surface area contributed by atoms with Crippen molar-refractivity contribution >= 4 is 11.9 Å². The highest BCUT2D eigenvalue weighted by molar-refractivity contribution is 5.81. The van der Waals surface area contributed by atoms with E-state index in [-0.39, 0.29) is 61.0 Å². The van der Waals surface area contributed by atoms with Crippen LogP contribution in [0.5, 0.6) is 0 Å². The van der Waals surface area contributed by atoms with Crippen LogP contribution in [0.2, 0.25) is 0 Å². The second kappa shape index (κ2) is 21.5. The molecule has 0 saturated carbocycles. The normalized spacial score (nSPS) is 46.0. The van der Waals surface area contributed by atoms with Crippen LogP contribution in [-0.4, -0.2) is 140 Å². The summed E-state index contributed by atoms with van der Waals surface area (Å²) < 4.78 is 64.8. The van der Waals surface area contributed by atoms with E-state index < -0.39 is 90.1 Å². The van der Waals surface area contributed by atoms with Crippen LogP contribution in [0.15, 0.2) is 59.3 Å². The zero-order chi connectivity index (χ0) is 49.5. The van der Waals surface area contributed by atoms with E-state index in [2.05, 4.69) is 45.2 Å². The molecule has 1 amide bonds. The summed E-state index contributed by atoms with van der Waals surface area (Å²) in [6, 6.07) is -0.348. The topological polar surface area (TPSA) is 179 Å². The summed E-state index contributed by atoms with van der Waals surface area (Å²) >= 11 is 0. The largest absolute Gasteiger partial charge is 0.462 e. The van der Waals surface area contributed by atoms with E-state index >= 15 is 0 Å². The number of carbonyl (C=O) groups excluding carboxylic acids is 2. The number of hydrogen-bond donors (Lipinski definition) is 3. The van der Waals surface area contributed by atoms with Gasteiger partial charge in [0.05, 0.1) is 55.4 Å². The van der Waals surface area contributed by atoms with Gasteiger partial charge in [-0.25, -0.2) is 0 Å². The summed E-state index contributed by atoms with van der Waals surface area (Å²) in [5.74, 6) is -2.69. The third-order valence-corrected chi connectivity index (χ3v) is 15.5. The number of allylic oxidation sites excluding steroid dienone is 2. The van der Waals surface area contributed by atoms with E-state index in [1.165, 1.54) is 0 Å². The van der Waals surface area contributed by atoms with Gasteiger partial charge >= 0.3 is 5.97 Å². The Labute approximate surface area is 404 Å². The van der Waals surface area contributed by atoms with E-state index in [1.54, 1.807) is 33.3 Å². The summed E-state index contributed by atoms with van der Waals surface area (Å²) in [4.78, 5) is 27.3. The molecule has 0 aromatic carbocycles. The summed E-state index contributed by atoms with van der Waals surface area (Å²) in [6.07, 6.45) is 9.34. The van der Waals surface area contributed by atoms with Gasteiger partial charge in [-0.1, -0.05) is 91.3 Å². The highest BCUT2D eigenvalue weighted by atomic mass is 16.7. The highest BCUT2D eigenvalue weighted by Gasteiger charge is 2.60. The molecule has 0 aromatic heterocycles. The van der Waals surface area contributed by atoms with Crippen LogP contribution >= 0.6 is 0 Å². The van der Waals surface area contributed by atoms with Crippen molar-refractivity contribution in [1.29, 1.82) is 0 Å². The molecule has 6 aliphatic heterocycles. The average molecular weight is 956 g/mol. The van der Waals surface area contributed by atoms with Crippen molar-refractivity contribution in [3.05, 3.63) is 59.3 Å². The highest BCUT2D eigenvalue weighted by Crippen LogP contribution is 2.47. The molecule has 1 aliphatic carbocycles. The van der Waals surface area contributed by atoms with E-state index in [9.17, 15) is 19.8 Å². The molecule has 68 heavy (non-hydrogen) atoms. The molecule has 0 aromatic rings. The van der Waals surface area contributed by atoms with Crippen molar-refractivity contribution in [2.75, 3.05) is 20.8 Å². The quantitative estimate of drug-likeness (QED) is 0.167. The first-order valence-corrected chi connectivity index (χ1v) is 25.1. The van der Waals surface area contributed by atoms with Gasteiger partial charge in [-0.2, -0.15) is 0 Å². The molecule has 382 valence electrons. The summed E-state index contributed by atoms with van der Waals surface area (Å²) in [5, 5.41) is 26.9. The van der Waals surface area contributed by atoms with Gasteiger partial charge in [0.25, 0.3) is 0 Å². The standard InChI is InChI=1S/C53H81NO14/c1-14-28(2)46-31(5)20-21-52(68-46)26-37-23-36(67-52)19-18-30(4)45(29(3)16-15-17-35-27-61-48-44(55)32(6)22-38(49(56)64-37)53(35,48)58)65-42-25-40(60-13)47(34(8)63-42)66-41-24-39(59-12)43(33(7)62-41)54-50(57)51(9,10)11/h15-18,20-22,28-29,31,33-34,36-48,55,58H,14,19,23-27H2,1-13H3,(H,54,57)/b16-15+,30-18+,35-17+/t28?,29-,31-,33-,34-,36+,37-,38-,39-,40-,41-,42-,43+,44+,45-,46+,47-,48+,52+,53+/m0/s1. The molecule has 20 atom stereocenters. The minimum Gasteiger partial charge on any atom is -0.462 e. The number of aliphatic hydroxyl groups excluding tert-OH is 1. The lowest BCUT2D eigenvalue weighted by Crippen LogP contribution is -2.60. The number of fused-ring (bicyclic) bond motifs is 2. The number of rotatable bonds is 9. The monoisotopic (exact) mass is 956 g/mol. The van der Waals surface area contributed by atoms with Crippen molar-refractivity contribution in [3.8, 4) is 0 Å². The molecule has 2 bridgehead atoms. The minimum absolute atomic E-state index is 0.0255. The Morgan fingerprint density at radius 1 is 0.926 bits per heavy atom. The van der Waals surface area contributed by atoms with Gasteiger partial charge < -0.3 is 62.9 Å². The Balaban J connectivity index is 1.14. The van der Waals surface area contributed by atoms with Crippen LogP contribution in [0.4, 0.5) is 0 Å². The molecule has 7 aliphatic rings. The van der Waals surface area contributed by atoms with Crippen molar-refractivity contribution in [3.63, 3.8) is 0 Å². The average Bonchev–Trinajstić information content (AvgIpc) is 3.63. The second-order valence-corrected chi connectivity index (χ2v) is 21.7. The van der Waals surface area contributed by atoms with Gasteiger partial charge in [0.2, 0.25) is 5.91 Å². The fourth-order valence-electron chi connectivity index (χ4n) is 11.2. The molecule has 15 nitrogen and oxygen atoms in total. The summed E-state index contributed by atoms with van der Waals surface area (Å²) in [5.41, 5.74) is -0.456. The SMILES string of the molecule is CCC(C)[C@H]1O[C@]2(C=C[C@@H]1C)C[C@@H]1C[C@@H](C/C=C(\C)[C@@H](O[C@H]3C[C@H](OC)[C@@H](O[C@H]4C[C@H](OC)[C@H](NC(=O)C(C)(C)C)[C@H](C)O4)[C@H](C)O3)[C@@H](C)/C=C/C=C3\CO[C@@H]4[C@H](O)C(C)=C[C@@H](C(=O)O1)[C@]34O)O2. The van der Waals surface area contributed by atoms with E-state index in [0.717, 1.165) is 12.0 Å². The van der Waals surface area contributed by atoms with Crippen molar-refractivity contribution in [2.45, 2.75) is 212 Å². The van der Waals surface area contributed by atoms with Crippen LogP contribution < -0.4 is 5.32 Å². The lowest BCUT2D eigenvalue weighted by atomic mass is 9.71. The number of aliphatic hydroxyl groups is 2. The second-order valence-electron chi connectivity index (χ2n) is 21.7. The maximum atomic E-state index is 14.4. The molecule has 1 spiro atoms. The van der Waals surface area contributed by atoms with Crippen molar-refractivity contribution in [1.82, 2.24) is 5.32 Å². The Hall–Kier alpha value is -2.80. The minimum atomic E-state index is -1.85. The predicted octanol–water partition coefficient (Wildman–Crippen LogP) is 6.55. The third-order valence-electron chi connectivity index (χ3n) is 15.5. The predicted molar refractivity (Wildman–Crippen MR) is 253 cm³/mol. The number of carbonyl (C=O) groups is 2. The molecule has 6 heterocycles. The van der Waals surface area contributed by atoms with Crippen LogP contribution in [0, 0.1) is 29.1 Å². The number of methoxy groups -OCH3 is 2. The number of amides is 1. The Bertz CT molecular complexity index is 1940. The fraction of sp³-hybridized carbons (Fsp3) is 0.774. The lowest BCUT2D eigenvalue weighted by Gasteiger charge is -2.48. The van der Waals surface area contributed by atoms with E-state index in [1.807, 2.05) is 59.8 Å². The number of esters is 1. The van der Waals surface area contributed by atoms with Gasteiger partial charge in [-0.15, -0.1) is 0 Å². The first-order chi connectivity index (χ1) is 32.1. The molecular weight excluding hydrogens is 875 g/mol. The lowest BCUT2D eigenvalue weighted by molar-refractivity contribution is -0.312. The Kier molecular flexibility index (Phi) is 16.8. The number of nitrogens with one attached hydrogen (secondary N) is 1. The molecule has 4 saturated heterocycles. The van der Waals surface area contributed by atoms with E-state index in [4.69, 9.17) is 47.4 Å². The maximum Gasteiger partial charge on any atom is 0.316 e. The molecule has 0 radical (unpaired) electrons. The first-order valence-electron chi connectivity index (χ1n) is 25.1. The van der Waals surface area contributed by atoms with Crippen molar-refractivity contribution < 1.29 is 67.2 Å². The van der Waals surface area contributed by atoms with Crippen LogP contribution in [0.25, 0.3) is 0 Å². The van der Waals surface area contributed by atoms with Crippen LogP contribution in [-0.2, 0) is 57.0 Å². The zero-order valence-electron chi connectivity index (χ0n) is 42.7. The van der Waals surface area contributed by atoms with Gasteiger partial charge in [0, 0.05) is 57.2 Å². The van der Waals surface area contributed by atoms with Gasteiger partial charge in [0.1, 0.15) is 35.9 Å². The number of hydrogen-bond acceptors (Lipinski definition) is 14. The Morgan fingerprint density at radius 2 is 1.62 bits per heavy atom. The molecule has 15 heteroatoms. The number of ether oxygens (including phenoxy) is 10. The van der Waals surface area contributed by atoms with Gasteiger partial charge in [0.15, 0.2) is 18.4 Å². The molecule has 7 rings (SSSR count). The Morgan fingerprint density at radius 3 is 2.31 bits per heavy atom. The molecule has 3 N–H and O–H groups in total. The first kappa shape index (κ1) is 53.0. The fourth-order valence-corrected chi connectivity index (χ4v) is 11.2. The zero-order valence-corrected chi connectivity index (χ0v) is 42.7. The van der Waals surface area contributed by atoms with Crippen LogP contribution in [0.1, 0.15) is 115 Å². The summed E-state index contributed by atoms with van der Waals surface area (Å²) in [6.45, 7) is 21.8.